The van der Waals surface area contributed by atoms with Gasteiger partial charge in [-0.15, -0.1) is 0 Å². The summed E-state index contributed by atoms with van der Waals surface area (Å²) in [4.78, 5) is 28.6. The van der Waals surface area contributed by atoms with Crippen LogP contribution in [0.1, 0.15) is 6.42 Å². The molecule has 7 heteroatoms. The standard InChI is InChI=1S/C6H8N2O5/c1-4(3-5(9)13-11)6(10)12-8-7-2/h11H,1,3H2,2H3. The number of hydrogen-bond donors (Lipinski definition) is 1. The molecular weight excluding hydrogens is 180 g/mol. The number of rotatable bonds is 4. The molecule has 0 aliphatic carbocycles. The van der Waals surface area contributed by atoms with Crippen molar-refractivity contribution in [2.24, 2.45) is 10.4 Å². The lowest BCUT2D eigenvalue weighted by Crippen LogP contribution is -2.09. The maximum atomic E-state index is 10.8. The van der Waals surface area contributed by atoms with Crippen molar-refractivity contribution in [3.63, 3.8) is 0 Å². The molecule has 0 bridgehead atoms. The predicted molar refractivity (Wildman–Crippen MR) is 39.3 cm³/mol. The first-order valence-electron chi connectivity index (χ1n) is 3.14. The molecule has 0 heterocycles. The summed E-state index contributed by atoms with van der Waals surface area (Å²) in [6.45, 7) is 3.21. The minimum Gasteiger partial charge on any atom is -0.301 e. The van der Waals surface area contributed by atoms with Crippen molar-refractivity contribution in [3.05, 3.63) is 12.2 Å². The predicted octanol–water partition coefficient (Wildman–Crippen LogP) is 0.489. The average Bonchev–Trinajstić information content (AvgIpc) is 2.13. The molecule has 7 nitrogen and oxygen atoms in total. The third kappa shape index (κ3) is 4.64. The van der Waals surface area contributed by atoms with Crippen LogP contribution in [-0.4, -0.2) is 24.2 Å². The molecule has 72 valence electrons. The number of nitrogens with zero attached hydrogens (tertiary/aromatic N) is 2. The lowest BCUT2D eigenvalue weighted by Gasteiger charge is -1.97. The quantitative estimate of drug-likeness (QED) is 0.299. The minimum atomic E-state index is -1.00. The summed E-state index contributed by atoms with van der Waals surface area (Å²) in [5.74, 6) is -1.91. The van der Waals surface area contributed by atoms with Crippen molar-refractivity contribution in [1.82, 2.24) is 0 Å². The monoisotopic (exact) mass is 188 g/mol. The Morgan fingerprint density at radius 2 is 2.15 bits per heavy atom. The number of hydrogen-bond acceptors (Lipinski definition) is 7. The van der Waals surface area contributed by atoms with Gasteiger partial charge < -0.3 is 4.89 Å². The van der Waals surface area contributed by atoms with Gasteiger partial charge in [-0.1, -0.05) is 6.58 Å². The molecule has 0 rings (SSSR count). The first-order chi connectivity index (χ1) is 6.11. The Morgan fingerprint density at radius 1 is 1.54 bits per heavy atom. The van der Waals surface area contributed by atoms with Crippen molar-refractivity contribution in [2.75, 3.05) is 7.05 Å². The fourth-order valence-electron chi connectivity index (χ4n) is 0.421. The second kappa shape index (κ2) is 5.84. The molecule has 13 heavy (non-hydrogen) atoms. The van der Waals surface area contributed by atoms with Crippen LogP contribution in [-0.2, 0) is 19.3 Å². The van der Waals surface area contributed by atoms with Gasteiger partial charge in [-0.3, -0.25) is 4.84 Å². The first kappa shape index (κ1) is 11.2. The van der Waals surface area contributed by atoms with E-state index in [9.17, 15) is 9.59 Å². The van der Waals surface area contributed by atoms with E-state index in [0.29, 0.717) is 0 Å². The maximum absolute atomic E-state index is 10.8. The third-order valence-corrected chi connectivity index (χ3v) is 0.954. The Hall–Kier alpha value is -1.76. The van der Waals surface area contributed by atoms with Crippen LogP contribution >= 0.6 is 0 Å². The molecule has 0 atom stereocenters. The van der Waals surface area contributed by atoms with Gasteiger partial charge in [0.05, 0.1) is 13.5 Å². The van der Waals surface area contributed by atoms with Crippen LogP contribution in [0.4, 0.5) is 0 Å². The molecular formula is C6H8N2O5. The summed E-state index contributed by atoms with van der Waals surface area (Å²) < 4.78 is 0. The Morgan fingerprint density at radius 3 is 2.62 bits per heavy atom. The summed E-state index contributed by atoms with van der Waals surface area (Å²) >= 11 is 0. The molecule has 0 aliphatic rings. The molecule has 0 saturated carbocycles. The highest BCUT2D eigenvalue weighted by Crippen LogP contribution is 2.02. The second-order valence-electron chi connectivity index (χ2n) is 1.90. The van der Waals surface area contributed by atoms with Crippen LogP contribution in [0.3, 0.4) is 0 Å². The lowest BCUT2D eigenvalue weighted by atomic mass is 10.2. The number of carbonyl (C=O) groups is 2. The molecule has 0 spiro atoms. The van der Waals surface area contributed by atoms with E-state index in [-0.39, 0.29) is 5.57 Å². The fourth-order valence-corrected chi connectivity index (χ4v) is 0.421. The average molecular weight is 188 g/mol. The fraction of sp³-hybridized carbons (Fsp3) is 0.333. The Kier molecular flexibility index (Phi) is 5.05. The van der Waals surface area contributed by atoms with Crippen LogP contribution in [0.15, 0.2) is 22.5 Å². The topological polar surface area (TPSA) is 97.5 Å². The van der Waals surface area contributed by atoms with Gasteiger partial charge in [0.2, 0.25) is 0 Å². The van der Waals surface area contributed by atoms with Gasteiger partial charge in [0.1, 0.15) is 0 Å². The Labute approximate surface area is 73.5 Å². The van der Waals surface area contributed by atoms with Gasteiger partial charge in [-0.25, -0.2) is 9.59 Å². The van der Waals surface area contributed by atoms with Crippen LogP contribution in [0.25, 0.3) is 0 Å². The SMILES string of the molecule is C=C(CC(=O)OO)C(=O)ON=NC. The van der Waals surface area contributed by atoms with E-state index in [1.54, 1.807) is 0 Å². The highest BCUT2D eigenvalue weighted by molar-refractivity contribution is 5.92. The second-order valence-corrected chi connectivity index (χ2v) is 1.90. The van der Waals surface area contributed by atoms with Crippen molar-refractivity contribution < 1.29 is 24.6 Å². The van der Waals surface area contributed by atoms with Crippen molar-refractivity contribution >= 4 is 11.9 Å². The van der Waals surface area contributed by atoms with E-state index in [2.05, 4.69) is 26.7 Å². The summed E-state index contributed by atoms with van der Waals surface area (Å²) in [5.41, 5.74) is -0.188. The summed E-state index contributed by atoms with van der Waals surface area (Å²) in [6.07, 6.45) is -0.464. The summed E-state index contributed by atoms with van der Waals surface area (Å²) in [7, 11) is 1.30. The van der Waals surface area contributed by atoms with Crippen LogP contribution in [0, 0.1) is 0 Å². The highest BCUT2D eigenvalue weighted by atomic mass is 17.1. The zero-order valence-corrected chi connectivity index (χ0v) is 6.89. The van der Waals surface area contributed by atoms with Crippen molar-refractivity contribution in [1.29, 1.82) is 0 Å². The van der Waals surface area contributed by atoms with E-state index >= 15 is 0 Å². The molecule has 1 N–H and O–H groups in total. The van der Waals surface area contributed by atoms with Gasteiger partial charge in [0.25, 0.3) is 0 Å². The van der Waals surface area contributed by atoms with E-state index in [1.807, 2.05) is 0 Å². The van der Waals surface area contributed by atoms with Gasteiger partial charge >= 0.3 is 11.9 Å². The molecule has 0 saturated heterocycles. The normalized spacial score (nSPS) is 9.69. The van der Waals surface area contributed by atoms with E-state index in [0.717, 1.165) is 0 Å². The van der Waals surface area contributed by atoms with E-state index < -0.39 is 18.4 Å². The molecule has 0 radical (unpaired) electrons. The molecule has 0 amide bonds. The molecule has 0 fully saturated rings. The zero-order chi connectivity index (χ0) is 10.3. The smallest absolute Gasteiger partial charge is 0.301 e. The highest BCUT2D eigenvalue weighted by Gasteiger charge is 2.14. The first-order valence-corrected chi connectivity index (χ1v) is 3.14. The zero-order valence-electron chi connectivity index (χ0n) is 6.89. The minimum absolute atomic E-state index is 0.188. The van der Waals surface area contributed by atoms with Crippen LogP contribution in [0.2, 0.25) is 0 Å². The van der Waals surface area contributed by atoms with Gasteiger partial charge in [-0.2, -0.15) is 10.4 Å². The third-order valence-electron chi connectivity index (χ3n) is 0.954. The molecule has 0 unspecified atom stereocenters. The number of carbonyl (C=O) groups excluding carboxylic acids is 2. The molecule has 0 aromatic rings. The Balaban J connectivity index is 3.97. The summed E-state index contributed by atoms with van der Waals surface area (Å²) in [5, 5.41) is 13.9. The molecule has 0 aromatic heterocycles. The van der Waals surface area contributed by atoms with Crippen LogP contribution in [0.5, 0.6) is 0 Å². The van der Waals surface area contributed by atoms with Gasteiger partial charge in [0, 0.05) is 10.9 Å². The van der Waals surface area contributed by atoms with Crippen LogP contribution < -0.4 is 0 Å². The van der Waals surface area contributed by atoms with Gasteiger partial charge in [0.15, 0.2) is 0 Å². The maximum Gasteiger partial charge on any atom is 0.363 e. The Bertz CT molecular complexity index is 247. The lowest BCUT2D eigenvalue weighted by molar-refractivity contribution is -0.233. The summed E-state index contributed by atoms with van der Waals surface area (Å²) in [6, 6.07) is 0. The van der Waals surface area contributed by atoms with E-state index in [4.69, 9.17) is 5.26 Å². The van der Waals surface area contributed by atoms with Crippen molar-refractivity contribution in [3.8, 4) is 0 Å². The van der Waals surface area contributed by atoms with E-state index in [1.165, 1.54) is 7.05 Å². The molecule has 0 aliphatic heterocycles. The molecule has 0 aromatic carbocycles. The largest absolute Gasteiger partial charge is 0.363 e. The van der Waals surface area contributed by atoms with Crippen molar-refractivity contribution in [2.45, 2.75) is 6.42 Å². The van der Waals surface area contributed by atoms with Gasteiger partial charge in [-0.05, 0) is 0 Å².